The van der Waals surface area contributed by atoms with Crippen molar-refractivity contribution < 1.29 is 19.2 Å². The molecule has 0 unspecified atom stereocenters. The number of rotatable bonds is 8. The summed E-state index contributed by atoms with van der Waals surface area (Å²) in [6.45, 7) is 4.07. The molecule has 1 saturated heterocycles. The van der Waals surface area contributed by atoms with E-state index in [0.717, 1.165) is 32.8 Å². The summed E-state index contributed by atoms with van der Waals surface area (Å²) in [4.78, 5) is 59.7. The maximum atomic E-state index is 12.3. The molecule has 11 nitrogen and oxygen atoms in total. The molecule has 186 valence electrons. The summed E-state index contributed by atoms with van der Waals surface area (Å²) in [5.41, 5.74) is 5.54. The van der Waals surface area contributed by atoms with Crippen molar-refractivity contribution >= 4 is 56.8 Å². The van der Waals surface area contributed by atoms with Crippen LogP contribution in [0, 0.1) is 0 Å². The van der Waals surface area contributed by atoms with Gasteiger partial charge in [-0.25, -0.2) is 14.8 Å². The highest BCUT2D eigenvalue weighted by atomic mass is 32.1. The highest BCUT2D eigenvalue weighted by Crippen LogP contribution is 2.34. The van der Waals surface area contributed by atoms with E-state index in [1.807, 2.05) is 24.3 Å². The number of hydrogen-bond acceptors (Lipinski definition) is 8. The van der Waals surface area contributed by atoms with E-state index in [0.29, 0.717) is 24.7 Å². The first-order valence-corrected chi connectivity index (χ1v) is 11.9. The van der Waals surface area contributed by atoms with E-state index in [2.05, 4.69) is 20.6 Å². The lowest BCUT2D eigenvalue weighted by Gasteiger charge is -2.27. The number of nitrogens with zero attached hydrogens (tertiary/aromatic N) is 4. The second-order valence-electron chi connectivity index (χ2n) is 8.63. The Hall–Kier alpha value is -4.32. The number of likely N-dealkylation sites (N-methyl/N-ethyl adjacent to an activating group) is 1. The lowest BCUT2D eigenvalue weighted by molar-refractivity contribution is -0.125. The van der Waals surface area contributed by atoms with Gasteiger partial charge in [-0.05, 0) is 49.6 Å². The number of urea groups is 1. The molecule has 0 bridgehead atoms. The third-order valence-electron chi connectivity index (χ3n) is 5.83. The van der Waals surface area contributed by atoms with Crippen LogP contribution in [0.1, 0.15) is 13.8 Å². The number of carbonyl (C=O) groups excluding carboxylic acids is 4. The average Bonchev–Trinajstić information content (AvgIpc) is 3.35. The van der Waals surface area contributed by atoms with Gasteiger partial charge in [-0.2, -0.15) is 0 Å². The molecule has 2 aromatic heterocycles. The van der Waals surface area contributed by atoms with E-state index in [1.165, 1.54) is 9.80 Å². The van der Waals surface area contributed by atoms with Gasteiger partial charge >= 0.3 is 6.03 Å². The molecule has 3 heterocycles. The van der Waals surface area contributed by atoms with Gasteiger partial charge in [0.1, 0.15) is 5.54 Å². The molecule has 0 radical (unpaired) electrons. The molecule has 0 spiro atoms. The number of benzene rings is 1. The molecule has 1 aliphatic heterocycles. The highest BCUT2D eigenvalue weighted by Gasteiger charge is 2.45. The van der Waals surface area contributed by atoms with Gasteiger partial charge in [0.15, 0.2) is 0 Å². The average molecular weight is 508 g/mol. The van der Waals surface area contributed by atoms with Gasteiger partial charge in [-0.1, -0.05) is 0 Å². The number of nitrogens with one attached hydrogen (secondary N) is 2. The number of aromatic nitrogens is 2. The number of anilines is 2. The van der Waals surface area contributed by atoms with Crippen molar-refractivity contribution in [1.29, 1.82) is 0 Å². The second-order valence-corrected chi connectivity index (χ2v) is 9.71. The van der Waals surface area contributed by atoms with E-state index in [-0.39, 0.29) is 11.8 Å². The quantitative estimate of drug-likeness (QED) is 0.312. The summed E-state index contributed by atoms with van der Waals surface area (Å²) in [7, 11) is 1.62. The molecule has 4 rings (SSSR count). The number of primary amides is 1. The molecule has 12 heteroatoms. The van der Waals surface area contributed by atoms with Gasteiger partial charge < -0.3 is 20.9 Å². The maximum absolute atomic E-state index is 12.3. The number of thiophene rings is 1. The summed E-state index contributed by atoms with van der Waals surface area (Å²) in [6.07, 6.45) is 3.81. The number of fused-ring (bicyclic) bond motifs is 1. The van der Waals surface area contributed by atoms with Crippen LogP contribution in [-0.2, 0) is 14.4 Å². The van der Waals surface area contributed by atoms with Crippen molar-refractivity contribution in [2.24, 2.45) is 5.73 Å². The zero-order chi connectivity index (χ0) is 26.0. The fraction of sp³-hybridized carbons (Fsp3) is 0.250. The number of amides is 5. The standard InChI is InChI=1S/C24H25N7O4S/c1-24(2)21(34)29-23(35)31(24)11-10-27-22-26-9-8-16(28-22)18-13-14-12-15(4-5-17(14)36-18)30(3)20(33)7-6-19(25)32/h4-9,12-13H,10-11H2,1-3H3,(H2,25,32)(H,26,27,28)(H,29,34,35). The minimum absolute atomic E-state index is 0.310. The Morgan fingerprint density at radius 2 is 2.00 bits per heavy atom. The molecule has 5 amide bonds. The van der Waals surface area contributed by atoms with E-state index < -0.39 is 17.5 Å². The van der Waals surface area contributed by atoms with E-state index >= 15 is 0 Å². The third-order valence-corrected chi connectivity index (χ3v) is 6.97. The Labute approximate surface area is 211 Å². The summed E-state index contributed by atoms with van der Waals surface area (Å²) in [5.74, 6) is -0.972. The van der Waals surface area contributed by atoms with Crippen LogP contribution in [0.5, 0.6) is 0 Å². The molecule has 3 aromatic rings. The first-order chi connectivity index (χ1) is 17.1. The minimum atomic E-state index is -0.909. The maximum Gasteiger partial charge on any atom is 0.325 e. The Kier molecular flexibility index (Phi) is 6.71. The van der Waals surface area contributed by atoms with Crippen LogP contribution in [0.3, 0.4) is 0 Å². The normalized spacial score (nSPS) is 14.9. The summed E-state index contributed by atoms with van der Waals surface area (Å²) >= 11 is 1.55. The van der Waals surface area contributed by atoms with Crippen molar-refractivity contribution in [3.63, 3.8) is 0 Å². The summed E-state index contributed by atoms with van der Waals surface area (Å²) in [5, 5.41) is 6.37. The van der Waals surface area contributed by atoms with Crippen LogP contribution in [0.25, 0.3) is 20.7 Å². The molecule has 1 fully saturated rings. The largest absolute Gasteiger partial charge is 0.366 e. The molecule has 1 aliphatic rings. The fourth-order valence-corrected chi connectivity index (χ4v) is 4.71. The van der Waals surface area contributed by atoms with Crippen molar-refractivity contribution in [2.45, 2.75) is 19.4 Å². The SMILES string of the molecule is CN(C(=O)C=CC(N)=O)c1ccc2sc(-c3ccnc(NCCN4C(=O)NC(=O)C4(C)C)n3)cc2c1. The van der Waals surface area contributed by atoms with Crippen LogP contribution in [-0.4, -0.2) is 64.3 Å². The molecular weight excluding hydrogens is 482 g/mol. The second kappa shape index (κ2) is 9.74. The van der Waals surface area contributed by atoms with Gasteiger partial charge in [0.2, 0.25) is 11.9 Å². The molecule has 0 aliphatic carbocycles. The smallest absolute Gasteiger partial charge is 0.325 e. The van der Waals surface area contributed by atoms with Gasteiger partial charge in [0.25, 0.3) is 11.8 Å². The van der Waals surface area contributed by atoms with Crippen molar-refractivity contribution in [2.75, 3.05) is 30.4 Å². The van der Waals surface area contributed by atoms with Crippen LogP contribution >= 0.6 is 11.3 Å². The zero-order valence-electron chi connectivity index (χ0n) is 19.9. The van der Waals surface area contributed by atoms with Crippen LogP contribution < -0.4 is 21.3 Å². The van der Waals surface area contributed by atoms with Gasteiger partial charge in [0.05, 0.1) is 10.6 Å². The molecule has 36 heavy (non-hydrogen) atoms. The lowest BCUT2D eigenvalue weighted by atomic mass is 10.0. The van der Waals surface area contributed by atoms with Crippen molar-refractivity contribution in [3.8, 4) is 10.6 Å². The van der Waals surface area contributed by atoms with E-state index in [9.17, 15) is 19.2 Å². The van der Waals surface area contributed by atoms with Crippen molar-refractivity contribution in [3.05, 3.63) is 48.7 Å². The van der Waals surface area contributed by atoms with E-state index in [1.54, 1.807) is 44.5 Å². The fourth-order valence-electron chi connectivity index (χ4n) is 3.69. The van der Waals surface area contributed by atoms with Gasteiger partial charge in [-0.15, -0.1) is 11.3 Å². The number of hydrogen-bond donors (Lipinski definition) is 3. The first kappa shape index (κ1) is 24.8. The predicted octanol–water partition coefficient (Wildman–Crippen LogP) is 2.10. The Morgan fingerprint density at radius 3 is 2.69 bits per heavy atom. The summed E-state index contributed by atoms with van der Waals surface area (Å²) < 4.78 is 1.02. The Bertz CT molecular complexity index is 1400. The Balaban J connectivity index is 1.46. The zero-order valence-corrected chi connectivity index (χ0v) is 20.8. The van der Waals surface area contributed by atoms with Crippen LogP contribution in [0.15, 0.2) is 48.7 Å². The minimum Gasteiger partial charge on any atom is -0.366 e. The monoisotopic (exact) mass is 507 g/mol. The van der Waals surface area contributed by atoms with Gasteiger partial charge in [0, 0.05) is 48.9 Å². The summed E-state index contributed by atoms with van der Waals surface area (Å²) in [6, 6.07) is 9.00. The molecule has 1 aromatic carbocycles. The van der Waals surface area contributed by atoms with Gasteiger partial charge in [-0.3, -0.25) is 19.7 Å². The highest BCUT2D eigenvalue weighted by molar-refractivity contribution is 7.22. The first-order valence-electron chi connectivity index (χ1n) is 11.1. The Morgan fingerprint density at radius 1 is 1.22 bits per heavy atom. The third kappa shape index (κ3) is 5.03. The number of imide groups is 1. The molecule has 4 N–H and O–H groups in total. The van der Waals surface area contributed by atoms with Crippen molar-refractivity contribution in [1.82, 2.24) is 20.2 Å². The lowest BCUT2D eigenvalue weighted by Crippen LogP contribution is -2.46. The van der Waals surface area contributed by atoms with Crippen LogP contribution in [0.4, 0.5) is 16.4 Å². The van der Waals surface area contributed by atoms with Crippen LogP contribution in [0.2, 0.25) is 0 Å². The topological polar surface area (TPSA) is 151 Å². The number of nitrogens with two attached hydrogens (primary N) is 1. The predicted molar refractivity (Wildman–Crippen MR) is 137 cm³/mol. The van der Waals surface area contributed by atoms with E-state index in [4.69, 9.17) is 5.73 Å². The number of carbonyl (C=O) groups is 4. The molecular formula is C24H25N7O4S. The molecule has 0 saturated carbocycles. The molecule has 0 atom stereocenters.